The lowest BCUT2D eigenvalue weighted by Gasteiger charge is -2.07. The van der Waals surface area contributed by atoms with E-state index in [4.69, 9.17) is 10.5 Å². The Morgan fingerprint density at radius 1 is 1.29 bits per heavy atom. The van der Waals surface area contributed by atoms with Gasteiger partial charge in [0, 0.05) is 5.69 Å². The molecule has 5 heteroatoms. The number of esters is 1. The van der Waals surface area contributed by atoms with Gasteiger partial charge in [0.1, 0.15) is 0 Å². The number of ether oxygens (including phenoxy) is 1. The van der Waals surface area contributed by atoms with Crippen molar-refractivity contribution in [1.82, 2.24) is 0 Å². The Labute approximate surface area is 99.9 Å². The highest BCUT2D eigenvalue weighted by atomic mass is 16.5. The van der Waals surface area contributed by atoms with Crippen molar-refractivity contribution in [2.75, 3.05) is 11.9 Å². The maximum Gasteiger partial charge on any atom is 0.338 e. The van der Waals surface area contributed by atoms with Crippen molar-refractivity contribution in [3.63, 3.8) is 0 Å². The van der Waals surface area contributed by atoms with Crippen LogP contribution < -0.4 is 11.1 Å². The SMILES string of the molecule is CC(C)COC(=O)c1ccc(NC(N)=O)cc1. The summed E-state index contributed by atoms with van der Waals surface area (Å²) in [7, 11) is 0. The first-order valence-electron chi connectivity index (χ1n) is 5.32. The summed E-state index contributed by atoms with van der Waals surface area (Å²) in [6, 6.07) is 5.70. The molecule has 0 bridgehead atoms. The van der Waals surface area contributed by atoms with Crippen LogP contribution in [0, 0.1) is 5.92 Å². The average molecular weight is 236 g/mol. The molecule has 0 aliphatic rings. The summed E-state index contributed by atoms with van der Waals surface area (Å²) in [5.74, 6) is -0.0703. The van der Waals surface area contributed by atoms with Crippen molar-refractivity contribution in [1.29, 1.82) is 0 Å². The standard InChI is InChI=1S/C12H16N2O3/c1-8(2)7-17-11(15)9-3-5-10(6-4-9)14-12(13)16/h3-6,8H,7H2,1-2H3,(H3,13,14,16). The lowest BCUT2D eigenvalue weighted by molar-refractivity contribution is 0.0459. The van der Waals surface area contributed by atoms with Crippen LogP contribution in [0.4, 0.5) is 10.5 Å². The Bertz CT molecular complexity index is 399. The van der Waals surface area contributed by atoms with Gasteiger partial charge in [0.05, 0.1) is 12.2 Å². The molecule has 2 amide bonds. The van der Waals surface area contributed by atoms with Gasteiger partial charge in [-0.3, -0.25) is 0 Å². The molecule has 1 rings (SSSR count). The van der Waals surface area contributed by atoms with Crippen LogP contribution in [0.1, 0.15) is 24.2 Å². The van der Waals surface area contributed by atoms with Crippen LogP contribution in [0.25, 0.3) is 0 Å². The minimum atomic E-state index is -0.639. The molecule has 0 aliphatic carbocycles. The number of urea groups is 1. The molecule has 0 aromatic heterocycles. The summed E-state index contributed by atoms with van der Waals surface area (Å²) in [5, 5.41) is 2.41. The van der Waals surface area contributed by atoms with Crippen molar-refractivity contribution in [3.05, 3.63) is 29.8 Å². The summed E-state index contributed by atoms with van der Waals surface area (Å²) in [6.45, 7) is 4.32. The Morgan fingerprint density at radius 2 is 1.88 bits per heavy atom. The third-order valence-corrected chi connectivity index (χ3v) is 1.94. The average Bonchev–Trinajstić information content (AvgIpc) is 2.26. The Hall–Kier alpha value is -2.04. The van der Waals surface area contributed by atoms with Crippen LogP contribution in [-0.2, 0) is 4.74 Å². The molecular weight excluding hydrogens is 220 g/mol. The molecule has 0 atom stereocenters. The van der Waals surface area contributed by atoms with Crippen LogP contribution in [-0.4, -0.2) is 18.6 Å². The second-order valence-electron chi connectivity index (χ2n) is 4.06. The van der Waals surface area contributed by atoms with E-state index in [-0.39, 0.29) is 5.97 Å². The predicted octanol–water partition coefficient (Wildman–Crippen LogP) is 1.99. The number of hydrogen-bond acceptors (Lipinski definition) is 3. The Kier molecular flexibility index (Phi) is 4.51. The Morgan fingerprint density at radius 3 is 2.35 bits per heavy atom. The van der Waals surface area contributed by atoms with E-state index in [1.165, 1.54) is 0 Å². The van der Waals surface area contributed by atoms with Gasteiger partial charge in [-0.25, -0.2) is 9.59 Å². The molecule has 92 valence electrons. The number of carbonyl (C=O) groups is 2. The van der Waals surface area contributed by atoms with E-state index in [9.17, 15) is 9.59 Å². The van der Waals surface area contributed by atoms with E-state index in [1.807, 2.05) is 13.8 Å². The van der Waals surface area contributed by atoms with Gasteiger partial charge in [-0.05, 0) is 30.2 Å². The van der Waals surface area contributed by atoms with Crippen molar-refractivity contribution < 1.29 is 14.3 Å². The highest BCUT2D eigenvalue weighted by molar-refractivity contribution is 5.91. The van der Waals surface area contributed by atoms with E-state index in [1.54, 1.807) is 24.3 Å². The number of amides is 2. The molecule has 1 aromatic carbocycles. The third kappa shape index (κ3) is 4.55. The largest absolute Gasteiger partial charge is 0.462 e. The van der Waals surface area contributed by atoms with E-state index < -0.39 is 6.03 Å². The van der Waals surface area contributed by atoms with Crippen molar-refractivity contribution in [3.8, 4) is 0 Å². The van der Waals surface area contributed by atoms with Gasteiger partial charge in [-0.15, -0.1) is 0 Å². The highest BCUT2D eigenvalue weighted by Crippen LogP contribution is 2.10. The van der Waals surface area contributed by atoms with E-state index in [0.717, 1.165) is 0 Å². The summed E-state index contributed by atoms with van der Waals surface area (Å²) in [4.78, 5) is 22.1. The van der Waals surface area contributed by atoms with Gasteiger partial charge in [0.2, 0.25) is 0 Å². The molecule has 1 aromatic rings. The summed E-state index contributed by atoms with van der Waals surface area (Å²) in [6.07, 6.45) is 0. The molecule has 17 heavy (non-hydrogen) atoms. The lowest BCUT2D eigenvalue weighted by Crippen LogP contribution is -2.19. The van der Waals surface area contributed by atoms with Crippen molar-refractivity contribution >= 4 is 17.7 Å². The molecule has 0 fully saturated rings. The molecule has 0 saturated heterocycles. The molecule has 5 nitrogen and oxygen atoms in total. The van der Waals surface area contributed by atoms with Crippen LogP contribution in [0.2, 0.25) is 0 Å². The number of nitrogens with one attached hydrogen (secondary N) is 1. The zero-order valence-corrected chi connectivity index (χ0v) is 9.90. The third-order valence-electron chi connectivity index (χ3n) is 1.94. The van der Waals surface area contributed by atoms with Crippen molar-refractivity contribution in [2.24, 2.45) is 11.7 Å². The number of hydrogen-bond donors (Lipinski definition) is 2. The zero-order chi connectivity index (χ0) is 12.8. The predicted molar refractivity (Wildman–Crippen MR) is 64.8 cm³/mol. The number of anilines is 1. The van der Waals surface area contributed by atoms with Crippen LogP contribution in [0.3, 0.4) is 0 Å². The van der Waals surface area contributed by atoms with Crippen LogP contribution in [0.5, 0.6) is 0 Å². The highest BCUT2D eigenvalue weighted by Gasteiger charge is 2.07. The molecule has 0 heterocycles. The Balaban J connectivity index is 2.60. The number of nitrogens with two attached hydrogens (primary N) is 1. The fourth-order valence-electron chi connectivity index (χ4n) is 1.16. The first kappa shape index (κ1) is 13.0. The first-order chi connectivity index (χ1) is 7.99. The first-order valence-corrected chi connectivity index (χ1v) is 5.32. The summed E-state index contributed by atoms with van der Waals surface area (Å²) in [5.41, 5.74) is 5.95. The fraction of sp³-hybridized carbons (Fsp3) is 0.333. The minimum absolute atomic E-state index is 0.301. The van der Waals surface area contributed by atoms with Gasteiger partial charge in [-0.1, -0.05) is 13.8 Å². The lowest BCUT2D eigenvalue weighted by atomic mass is 10.2. The zero-order valence-electron chi connectivity index (χ0n) is 9.90. The summed E-state index contributed by atoms with van der Waals surface area (Å²) < 4.78 is 5.06. The van der Waals surface area contributed by atoms with Crippen LogP contribution in [0.15, 0.2) is 24.3 Å². The van der Waals surface area contributed by atoms with E-state index in [2.05, 4.69) is 5.32 Å². The van der Waals surface area contributed by atoms with Gasteiger partial charge < -0.3 is 15.8 Å². The summed E-state index contributed by atoms with van der Waals surface area (Å²) >= 11 is 0. The fourth-order valence-corrected chi connectivity index (χ4v) is 1.16. The van der Waals surface area contributed by atoms with Crippen molar-refractivity contribution in [2.45, 2.75) is 13.8 Å². The van der Waals surface area contributed by atoms with E-state index >= 15 is 0 Å². The topological polar surface area (TPSA) is 81.4 Å². The maximum absolute atomic E-state index is 11.5. The number of benzene rings is 1. The van der Waals surface area contributed by atoms with Gasteiger partial charge >= 0.3 is 12.0 Å². The number of carbonyl (C=O) groups excluding carboxylic acids is 2. The van der Waals surface area contributed by atoms with E-state index in [0.29, 0.717) is 23.8 Å². The normalized spacial score (nSPS) is 10.1. The molecular formula is C12H16N2O3. The monoisotopic (exact) mass is 236 g/mol. The molecule has 0 saturated carbocycles. The molecule has 0 spiro atoms. The molecule has 0 unspecified atom stereocenters. The second kappa shape index (κ2) is 5.89. The van der Waals surface area contributed by atoms with Gasteiger partial charge in [0.15, 0.2) is 0 Å². The molecule has 0 aliphatic heterocycles. The van der Waals surface area contributed by atoms with Crippen LogP contribution >= 0.6 is 0 Å². The van der Waals surface area contributed by atoms with Gasteiger partial charge in [-0.2, -0.15) is 0 Å². The molecule has 0 radical (unpaired) electrons. The number of rotatable bonds is 4. The maximum atomic E-state index is 11.5. The number of primary amides is 1. The quantitative estimate of drug-likeness (QED) is 0.784. The van der Waals surface area contributed by atoms with Gasteiger partial charge in [0.25, 0.3) is 0 Å². The smallest absolute Gasteiger partial charge is 0.338 e. The second-order valence-corrected chi connectivity index (χ2v) is 4.06. The minimum Gasteiger partial charge on any atom is -0.462 e. The molecule has 3 N–H and O–H groups in total.